The highest BCUT2D eigenvalue weighted by molar-refractivity contribution is 6.42. The van der Waals surface area contributed by atoms with E-state index >= 15 is 0 Å². The molecule has 0 bridgehead atoms. The van der Waals surface area contributed by atoms with Gasteiger partial charge in [-0.1, -0.05) is 35.3 Å². The van der Waals surface area contributed by atoms with Crippen LogP contribution in [0.2, 0.25) is 10.0 Å². The first-order valence-electron chi connectivity index (χ1n) is 9.99. The molecule has 3 rings (SSSR count). The van der Waals surface area contributed by atoms with E-state index in [9.17, 15) is 9.59 Å². The van der Waals surface area contributed by atoms with Crippen LogP contribution in [0.15, 0.2) is 30.3 Å². The van der Waals surface area contributed by atoms with Gasteiger partial charge in [0, 0.05) is 24.7 Å². The van der Waals surface area contributed by atoms with Gasteiger partial charge in [0.25, 0.3) is 11.8 Å². The zero-order valence-corrected chi connectivity index (χ0v) is 18.9. The van der Waals surface area contributed by atoms with Crippen LogP contribution >= 0.6 is 23.2 Å². The Kier molecular flexibility index (Phi) is 7.27. The maximum absolute atomic E-state index is 12.6. The van der Waals surface area contributed by atoms with E-state index in [1.54, 1.807) is 23.1 Å². The van der Waals surface area contributed by atoms with E-state index in [4.69, 9.17) is 27.9 Å². The second-order valence-electron chi connectivity index (χ2n) is 7.70. The predicted molar refractivity (Wildman–Crippen MR) is 120 cm³/mol. The SMILES string of the molecule is Cc1ccc(C)c(OCC(=O)N2CCC(NC(=O)c3ccc(Cl)c(Cl)c3)CC2)c1C. The molecule has 1 aliphatic rings. The molecule has 1 aliphatic heterocycles. The van der Waals surface area contributed by atoms with Crippen molar-refractivity contribution in [3.8, 4) is 5.75 Å². The molecule has 2 amide bonds. The maximum atomic E-state index is 12.6. The summed E-state index contributed by atoms with van der Waals surface area (Å²) in [6.07, 6.45) is 1.39. The van der Waals surface area contributed by atoms with Gasteiger partial charge in [-0.25, -0.2) is 0 Å². The molecule has 2 aromatic rings. The number of carbonyl (C=O) groups excluding carboxylic acids is 2. The normalized spacial score (nSPS) is 14.5. The lowest BCUT2D eigenvalue weighted by Gasteiger charge is -2.32. The lowest BCUT2D eigenvalue weighted by Crippen LogP contribution is -2.47. The van der Waals surface area contributed by atoms with Gasteiger partial charge < -0.3 is 15.0 Å². The van der Waals surface area contributed by atoms with E-state index in [2.05, 4.69) is 11.4 Å². The molecular weight excluding hydrogens is 423 g/mol. The number of nitrogens with one attached hydrogen (secondary N) is 1. The van der Waals surface area contributed by atoms with E-state index in [0.29, 0.717) is 41.5 Å². The number of hydrogen-bond acceptors (Lipinski definition) is 3. The van der Waals surface area contributed by atoms with Crippen molar-refractivity contribution >= 4 is 35.0 Å². The van der Waals surface area contributed by atoms with E-state index < -0.39 is 0 Å². The Morgan fingerprint density at radius 3 is 2.37 bits per heavy atom. The van der Waals surface area contributed by atoms with Crippen LogP contribution in [-0.4, -0.2) is 42.5 Å². The molecule has 0 atom stereocenters. The molecule has 1 heterocycles. The summed E-state index contributed by atoms with van der Waals surface area (Å²) in [7, 11) is 0. The molecule has 5 nitrogen and oxygen atoms in total. The Bertz CT molecular complexity index is 954. The summed E-state index contributed by atoms with van der Waals surface area (Å²) in [5.41, 5.74) is 3.70. The van der Waals surface area contributed by atoms with Gasteiger partial charge in [0.1, 0.15) is 5.75 Å². The van der Waals surface area contributed by atoms with E-state index in [1.165, 1.54) is 0 Å². The van der Waals surface area contributed by atoms with Gasteiger partial charge in [0.2, 0.25) is 0 Å². The Hall–Kier alpha value is -2.24. The van der Waals surface area contributed by atoms with Gasteiger partial charge in [0.05, 0.1) is 10.0 Å². The zero-order valence-electron chi connectivity index (χ0n) is 17.4. The minimum absolute atomic E-state index is 0.0122. The average molecular weight is 449 g/mol. The third kappa shape index (κ3) is 5.27. The maximum Gasteiger partial charge on any atom is 0.260 e. The molecule has 7 heteroatoms. The fraction of sp³-hybridized carbons (Fsp3) is 0.391. The molecule has 30 heavy (non-hydrogen) atoms. The number of carbonyl (C=O) groups is 2. The fourth-order valence-corrected chi connectivity index (χ4v) is 3.85. The summed E-state index contributed by atoms with van der Waals surface area (Å²) in [4.78, 5) is 26.8. The molecule has 1 fully saturated rings. The van der Waals surface area contributed by atoms with Crippen LogP contribution in [0, 0.1) is 20.8 Å². The van der Waals surface area contributed by atoms with Crippen molar-refractivity contribution in [2.24, 2.45) is 0 Å². The Morgan fingerprint density at radius 2 is 1.70 bits per heavy atom. The molecule has 1 N–H and O–H groups in total. The van der Waals surface area contributed by atoms with Crippen molar-refractivity contribution in [2.45, 2.75) is 39.7 Å². The van der Waals surface area contributed by atoms with Crippen molar-refractivity contribution < 1.29 is 14.3 Å². The number of hydrogen-bond donors (Lipinski definition) is 1. The van der Waals surface area contributed by atoms with Gasteiger partial charge >= 0.3 is 0 Å². The third-order valence-electron chi connectivity index (χ3n) is 5.58. The fourth-order valence-electron chi connectivity index (χ4n) is 3.55. The zero-order chi connectivity index (χ0) is 21.8. The molecule has 0 radical (unpaired) electrons. The molecule has 0 saturated carbocycles. The second kappa shape index (κ2) is 9.71. The molecule has 160 valence electrons. The van der Waals surface area contributed by atoms with Gasteiger partial charge in [-0.3, -0.25) is 9.59 Å². The number of nitrogens with zero attached hydrogens (tertiary/aromatic N) is 1. The minimum atomic E-state index is -0.188. The van der Waals surface area contributed by atoms with E-state index in [-0.39, 0.29) is 24.5 Å². The number of amides is 2. The lowest BCUT2D eigenvalue weighted by molar-refractivity contribution is -0.134. The molecule has 0 aliphatic carbocycles. The van der Waals surface area contributed by atoms with E-state index in [0.717, 1.165) is 22.4 Å². The molecule has 0 unspecified atom stereocenters. The van der Waals surface area contributed by atoms with Crippen molar-refractivity contribution in [2.75, 3.05) is 19.7 Å². The number of likely N-dealkylation sites (tertiary alicyclic amines) is 1. The minimum Gasteiger partial charge on any atom is -0.483 e. The Balaban J connectivity index is 1.49. The highest BCUT2D eigenvalue weighted by Gasteiger charge is 2.25. The van der Waals surface area contributed by atoms with Crippen molar-refractivity contribution in [3.05, 3.63) is 62.6 Å². The third-order valence-corrected chi connectivity index (χ3v) is 6.32. The number of aryl methyl sites for hydroxylation is 2. The number of ether oxygens (including phenoxy) is 1. The lowest BCUT2D eigenvalue weighted by atomic mass is 10.0. The first kappa shape index (κ1) is 22.4. The first-order valence-corrected chi connectivity index (χ1v) is 10.7. The van der Waals surface area contributed by atoms with Crippen LogP contribution < -0.4 is 10.1 Å². The predicted octanol–water partition coefficient (Wildman–Crippen LogP) is 4.72. The number of halogens is 2. The van der Waals surface area contributed by atoms with Crippen LogP contribution in [0.25, 0.3) is 0 Å². The quantitative estimate of drug-likeness (QED) is 0.719. The number of rotatable bonds is 5. The second-order valence-corrected chi connectivity index (χ2v) is 8.51. The van der Waals surface area contributed by atoms with Crippen LogP contribution in [-0.2, 0) is 4.79 Å². The van der Waals surface area contributed by atoms with Gasteiger partial charge in [-0.2, -0.15) is 0 Å². The van der Waals surface area contributed by atoms with Gasteiger partial charge in [0.15, 0.2) is 6.61 Å². The Morgan fingerprint density at radius 1 is 1.03 bits per heavy atom. The summed E-state index contributed by atoms with van der Waals surface area (Å²) < 4.78 is 5.85. The van der Waals surface area contributed by atoms with Crippen LogP contribution in [0.3, 0.4) is 0 Å². The van der Waals surface area contributed by atoms with Crippen molar-refractivity contribution in [3.63, 3.8) is 0 Å². The molecule has 1 saturated heterocycles. The number of piperidine rings is 1. The highest BCUT2D eigenvalue weighted by Crippen LogP contribution is 2.26. The van der Waals surface area contributed by atoms with E-state index in [1.807, 2.05) is 26.8 Å². The van der Waals surface area contributed by atoms with Crippen LogP contribution in [0.4, 0.5) is 0 Å². The largest absolute Gasteiger partial charge is 0.483 e. The highest BCUT2D eigenvalue weighted by atomic mass is 35.5. The molecule has 2 aromatic carbocycles. The van der Waals surface area contributed by atoms with Crippen LogP contribution in [0.5, 0.6) is 5.75 Å². The van der Waals surface area contributed by atoms with Crippen molar-refractivity contribution in [1.29, 1.82) is 0 Å². The smallest absolute Gasteiger partial charge is 0.260 e. The molecular formula is C23H26Cl2N2O3. The molecule has 0 spiro atoms. The number of benzene rings is 2. The Labute approximate surface area is 187 Å². The summed E-state index contributed by atoms with van der Waals surface area (Å²) in [6.45, 7) is 7.20. The summed E-state index contributed by atoms with van der Waals surface area (Å²) in [5, 5.41) is 3.78. The van der Waals surface area contributed by atoms with Crippen LogP contribution in [0.1, 0.15) is 39.9 Å². The van der Waals surface area contributed by atoms with Crippen molar-refractivity contribution in [1.82, 2.24) is 10.2 Å². The summed E-state index contributed by atoms with van der Waals surface area (Å²) >= 11 is 11.9. The summed E-state index contributed by atoms with van der Waals surface area (Å²) in [5.74, 6) is 0.559. The average Bonchev–Trinajstić information content (AvgIpc) is 2.73. The molecule has 0 aromatic heterocycles. The summed E-state index contributed by atoms with van der Waals surface area (Å²) in [6, 6.07) is 8.88. The first-order chi connectivity index (χ1) is 14.3. The van der Waals surface area contributed by atoms with Gasteiger partial charge in [-0.05, 0) is 68.5 Å². The monoisotopic (exact) mass is 448 g/mol. The van der Waals surface area contributed by atoms with Gasteiger partial charge in [-0.15, -0.1) is 0 Å². The standard InChI is InChI=1S/C23H26Cl2N2O3/c1-14-4-5-15(2)22(16(14)3)30-13-21(28)27-10-8-18(9-11-27)26-23(29)17-6-7-19(24)20(25)12-17/h4-7,12,18H,8-11,13H2,1-3H3,(H,26,29). The topological polar surface area (TPSA) is 58.6 Å².